The topological polar surface area (TPSA) is 82.6 Å². The molecule has 7 rings (SSSR count). The van der Waals surface area contributed by atoms with E-state index in [2.05, 4.69) is 25.2 Å². The number of hydrogen-bond donors (Lipinski definition) is 2. The Morgan fingerprint density at radius 3 is 2.83 bits per heavy atom. The lowest BCUT2D eigenvalue weighted by molar-refractivity contribution is 0.0135. The van der Waals surface area contributed by atoms with Crippen molar-refractivity contribution < 1.29 is 8.78 Å². The van der Waals surface area contributed by atoms with Crippen LogP contribution in [0.5, 0.6) is 0 Å². The Morgan fingerprint density at radius 2 is 2.00 bits per heavy atom. The molecule has 0 bridgehead atoms. The smallest absolute Gasteiger partial charge is 0.284 e. The number of nitrogens with one attached hydrogen (secondary N) is 2. The van der Waals surface area contributed by atoms with Crippen LogP contribution in [-0.4, -0.2) is 50.6 Å². The van der Waals surface area contributed by atoms with Crippen molar-refractivity contribution in [1.29, 1.82) is 0 Å². The molecular weight excluding hydrogens is 448 g/mol. The Morgan fingerprint density at radius 1 is 1.11 bits per heavy atom. The average molecular weight is 476 g/mol. The fraction of sp³-hybridized carbons (Fsp3) is 0.462. The van der Waals surface area contributed by atoms with E-state index in [1.807, 2.05) is 18.5 Å². The highest BCUT2D eigenvalue weighted by Gasteiger charge is 2.38. The van der Waals surface area contributed by atoms with Gasteiger partial charge in [0.15, 0.2) is 5.82 Å². The van der Waals surface area contributed by atoms with Gasteiger partial charge in [-0.25, -0.2) is 23.7 Å². The van der Waals surface area contributed by atoms with Gasteiger partial charge in [0.1, 0.15) is 11.5 Å². The second-order valence-corrected chi connectivity index (χ2v) is 10.3. The molecule has 180 valence electrons. The Kier molecular flexibility index (Phi) is 4.61. The van der Waals surface area contributed by atoms with E-state index in [1.165, 1.54) is 24.5 Å². The van der Waals surface area contributed by atoms with Gasteiger partial charge in [0.05, 0.1) is 17.4 Å². The van der Waals surface area contributed by atoms with Crippen molar-refractivity contribution in [3.63, 3.8) is 0 Å². The van der Waals surface area contributed by atoms with E-state index in [1.54, 1.807) is 6.20 Å². The minimum Gasteiger partial charge on any atom is -0.353 e. The van der Waals surface area contributed by atoms with Crippen molar-refractivity contribution in [2.45, 2.75) is 50.5 Å². The first-order valence-electron chi connectivity index (χ1n) is 12.5. The van der Waals surface area contributed by atoms with E-state index in [9.17, 15) is 8.78 Å². The molecule has 0 aromatic carbocycles. The number of aromatic nitrogens is 5. The van der Waals surface area contributed by atoms with E-state index in [0.29, 0.717) is 40.3 Å². The standard InChI is InChI=1S/C26H27F2N7/c1-26(27,28)21-10-17-16(4-8-31-23(17)33-21)24-32-19-13-30-12-18(14-2-3-14)22(19)25(34-24)35-9-6-15-11-29-7-5-20(15)35/h4,8,10,12-15,20,29H,2-3,5-7,9,11H2,1H3,(H,31,33)/t15-,20+/m0/s1. The number of alkyl halides is 2. The molecule has 1 aliphatic carbocycles. The maximum absolute atomic E-state index is 14.1. The Labute approximate surface area is 201 Å². The number of pyridine rings is 2. The maximum Gasteiger partial charge on any atom is 0.284 e. The van der Waals surface area contributed by atoms with Crippen LogP contribution < -0.4 is 10.2 Å². The number of aromatic amines is 1. The number of anilines is 1. The summed E-state index contributed by atoms with van der Waals surface area (Å²) in [6, 6.07) is 3.73. The molecule has 7 nitrogen and oxygen atoms in total. The van der Waals surface area contributed by atoms with Gasteiger partial charge in [0.2, 0.25) is 0 Å². The molecule has 2 atom stereocenters. The SMILES string of the molecule is CC(F)(F)c1cc2c(-c3nc(N4CC[C@H]5CNCC[C@H]54)c4c(C5CC5)cncc4n3)ccnc2[nH]1. The van der Waals surface area contributed by atoms with Gasteiger partial charge < -0.3 is 15.2 Å². The van der Waals surface area contributed by atoms with Gasteiger partial charge in [-0.3, -0.25) is 4.98 Å². The Bertz CT molecular complexity index is 1440. The molecule has 35 heavy (non-hydrogen) atoms. The summed E-state index contributed by atoms with van der Waals surface area (Å²) in [5.41, 5.74) is 2.99. The number of halogens is 2. The molecule has 4 aromatic rings. The lowest BCUT2D eigenvalue weighted by atomic mass is 9.94. The molecule has 0 amide bonds. The number of piperidine rings is 1. The van der Waals surface area contributed by atoms with E-state index in [0.717, 1.165) is 56.1 Å². The summed E-state index contributed by atoms with van der Waals surface area (Å²) in [4.78, 5) is 24.2. The fourth-order valence-electron chi connectivity index (χ4n) is 5.93. The third-order valence-electron chi connectivity index (χ3n) is 7.86. The van der Waals surface area contributed by atoms with Gasteiger partial charge >= 0.3 is 0 Å². The lowest BCUT2D eigenvalue weighted by Crippen LogP contribution is -2.44. The zero-order valence-electron chi connectivity index (χ0n) is 19.6. The van der Waals surface area contributed by atoms with Crippen LogP contribution >= 0.6 is 0 Å². The van der Waals surface area contributed by atoms with Gasteiger partial charge in [0.25, 0.3) is 5.92 Å². The van der Waals surface area contributed by atoms with Gasteiger partial charge in [-0.2, -0.15) is 0 Å². The molecule has 2 N–H and O–H groups in total. The highest BCUT2D eigenvalue weighted by atomic mass is 19.3. The predicted molar refractivity (Wildman–Crippen MR) is 131 cm³/mol. The molecule has 3 fully saturated rings. The number of hydrogen-bond acceptors (Lipinski definition) is 6. The van der Waals surface area contributed by atoms with Crippen LogP contribution in [-0.2, 0) is 5.92 Å². The largest absolute Gasteiger partial charge is 0.353 e. The van der Waals surface area contributed by atoms with Gasteiger partial charge in [-0.05, 0) is 68.3 Å². The van der Waals surface area contributed by atoms with Crippen molar-refractivity contribution >= 4 is 27.8 Å². The molecule has 2 saturated heterocycles. The van der Waals surface area contributed by atoms with Crippen molar-refractivity contribution in [3.05, 3.63) is 42.0 Å². The minimum atomic E-state index is -2.99. The van der Waals surface area contributed by atoms with Gasteiger partial charge in [-0.15, -0.1) is 0 Å². The molecular formula is C26H27F2N7. The summed E-state index contributed by atoms with van der Waals surface area (Å²) in [7, 11) is 0. The summed E-state index contributed by atoms with van der Waals surface area (Å²) in [6.45, 7) is 3.89. The Hall–Kier alpha value is -3.20. The van der Waals surface area contributed by atoms with Crippen molar-refractivity contribution in [1.82, 2.24) is 30.2 Å². The Balaban J connectivity index is 1.45. The normalized spacial score (nSPS) is 22.8. The van der Waals surface area contributed by atoms with Crippen LogP contribution in [0, 0.1) is 5.92 Å². The molecule has 6 heterocycles. The van der Waals surface area contributed by atoms with Crippen LogP contribution in [0.2, 0.25) is 0 Å². The first-order chi connectivity index (χ1) is 17.0. The third-order valence-corrected chi connectivity index (χ3v) is 7.86. The van der Waals surface area contributed by atoms with Crippen LogP contribution in [0.15, 0.2) is 30.7 Å². The number of nitrogens with zero attached hydrogens (tertiary/aromatic N) is 5. The predicted octanol–water partition coefficient (Wildman–Crippen LogP) is 4.75. The zero-order valence-corrected chi connectivity index (χ0v) is 19.6. The van der Waals surface area contributed by atoms with E-state index >= 15 is 0 Å². The van der Waals surface area contributed by atoms with Crippen LogP contribution in [0.3, 0.4) is 0 Å². The summed E-state index contributed by atoms with van der Waals surface area (Å²) < 4.78 is 28.2. The summed E-state index contributed by atoms with van der Waals surface area (Å²) in [5, 5.41) is 5.24. The third kappa shape index (κ3) is 3.47. The minimum absolute atomic E-state index is 0.164. The molecule has 0 radical (unpaired) electrons. The number of fused-ring (bicyclic) bond motifs is 3. The molecule has 1 saturated carbocycles. The maximum atomic E-state index is 14.1. The summed E-state index contributed by atoms with van der Waals surface area (Å²) in [5.74, 6) is -0.384. The first-order valence-corrected chi connectivity index (χ1v) is 12.5. The number of H-pyrrole nitrogens is 1. The molecule has 9 heteroatoms. The van der Waals surface area contributed by atoms with Crippen molar-refractivity contribution in [2.75, 3.05) is 24.5 Å². The zero-order chi connectivity index (χ0) is 23.7. The quantitative estimate of drug-likeness (QED) is 0.444. The van der Waals surface area contributed by atoms with E-state index < -0.39 is 5.92 Å². The van der Waals surface area contributed by atoms with Crippen molar-refractivity contribution in [3.8, 4) is 11.4 Å². The first kappa shape index (κ1) is 21.1. The van der Waals surface area contributed by atoms with Crippen LogP contribution in [0.25, 0.3) is 33.3 Å². The lowest BCUT2D eigenvalue weighted by Gasteiger charge is -2.33. The molecule has 3 aliphatic rings. The monoisotopic (exact) mass is 475 g/mol. The molecule has 4 aromatic heterocycles. The van der Waals surface area contributed by atoms with E-state index in [-0.39, 0.29) is 5.69 Å². The van der Waals surface area contributed by atoms with Crippen molar-refractivity contribution in [2.24, 2.45) is 5.92 Å². The second kappa shape index (κ2) is 7.65. The second-order valence-electron chi connectivity index (χ2n) is 10.3. The fourth-order valence-corrected chi connectivity index (χ4v) is 5.93. The van der Waals surface area contributed by atoms with Gasteiger partial charge in [-0.1, -0.05) is 0 Å². The summed E-state index contributed by atoms with van der Waals surface area (Å²) >= 11 is 0. The molecule has 0 unspecified atom stereocenters. The highest BCUT2D eigenvalue weighted by Crippen LogP contribution is 2.46. The molecule has 0 spiro atoms. The molecule has 2 aliphatic heterocycles. The number of rotatable bonds is 4. The van der Waals surface area contributed by atoms with Crippen LogP contribution in [0.4, 0.5) is 14.6 Å². The average Bonchev–Trinajstić information content (AvgIpc) is 3.44. The highest BCUT2D eigenvalue weighted by molar-refractivity contribution is 5.97. The van der Waals surface area contributed by atoms with Gasteiger partial charge in [0, 0.05) is 48.2 Å². The summed E-state index contributed by atoms with van der Waals surface area (Å²) in [6.07, 6.45) is 9.97. The van der Waals surface area contributed by atoms with E-state index in [4.69, 9.17) is 9.97 Å². The van der Waals surface area contributed by atoms with Crippen LogP contribution in [0.1, 0.15) is 49.8 Å².